The zero-order chi connectivity index (χ0) is 14.2. The molecule has 1 amide bonds. The molecule has 2 aliphatic heterocycles. The van der Waals surface area contributed by atoms with Crippen molar-refractivity contribution in [3.63, 3.8) is 0 Å². The summed E-state index contributed by atoms with van der Waals surface area (Å²) in [5.74, 6) is 0.960. The zero-order valence-electron chi connectivity index (χ0n) is 11.7. The van der Waals surface area contributed by atoms with Gasteiger partial charge in [0.05, 0.1) is 17.9 Å². The minimum atomic E-state index is 0.0793. The highest BCUT2D eigenvalue weighted by Gasteiger charge is 2.33. The number of anilines is 1. The fourth-order valence-corrected chi connectivity index (χ4v) is 3.02. The summed E-state index contributed by atoms with van der Waals surface area (Å²) in [5.41, 5.74) is 3.06. The number of fused-ring (bicyclic) bond motifs is 2. The molecule has 0 aromatic heterocycles. The van der Waals surface area contributed by atoms with Gasteiger partial charge >= 0.3 is 0 Å². The predicted octanol–water partition coefficient (Wildman–Crippen LogP) is 2.90. The first-order chi connectivity index (χ1) is 10.3. The van der Waals surface area contributed by atoms with E-state index in [1.54, 1.807) is 0 Å². The van der Waals surface area contributed by atoms with Crippen LogP contribution in [0, 0.1) is 0 Å². The number of rotatable bonds is 2. The lowest BCUT2D eigenvalue weighted by Gasteiger charge is -2.28. The summed E-state index contributed by atoms with van der Waals surface area (Å²) < 4.78 is 0. The maximum Gasteiger partial charge on any atom is 0.263 e. The third-order valence-electron chi connectivity index (χ3n) is 4.09. The number of nitrogens with zero attached hydrogens (tertiary/aromatic N) is 2. The second kappa shape index (κ2) is 4.81. The maximum atomic E-state index is 12.5. The summed E-state index contributed by atoms with van der Waals surface area (Å²) in [7, 11) is 0. The molecule has 1 aromatic carbocycles. The molecule has 2 heterocycles. The number of nitrogens with one attached hydrogen (secondary N) is 1. The van der Waals surface area contributed by atoms with Crippen molar-refractivity contribution in [2.45, 2.75) is 12.8 Å². The monoisotopic (exact) mass is 279 g/mol. The van der Waals surface area contributed by atoms with E-state index in [1.165, 1.54) is 5.57 Å². The predicted molar refractivity (Wildman–Crippen MR) is 82.3 cm³/mol. The van der Waals surface area contributed by atoms with Gasteiger partial charge in [0, 0.05) is 12.7 Å². The van der Waals surface area contributed by atoms with Crippen LogP contribution in [-0.4, -0.2) is 28.9 Å². The topological polar surface area (TPSA) is 35.6 Å². The average molecular weight is 279 g/mol. The molecule has 4 heteroatoms. The lowest BCUT2D eigenvalue weighted by atomic mass is 10.1. The van der Waals surface area contributed by atoms with Gasteiger partial charge in [-0.2, -0.15) is 0 Å². The largest absolute Gasteiger partial charge is 0.352 e. The quantitative estimate of drug-likeness (QED) is 0.904. The molecular weight excluding hydrogens is 262 g/mol. The Bertz CT molecular complexity index is 687. The van der Waals surface area contributed by atoms with Crippen LogP contribution in [0.2, 0.25) is 0 Å². The third-order valence-corrected chi connectivity index (χ3v) is 4.09. The molecule has 1 N–H and O–H groups in total. The molecule has 0 atom stereocenters. The molecule has 0 radical (unpaired) electrons. The number of allylic oxidation sites excluding steroid dienone is 3. The van der Waals surface area contributed by atoms with Gasteiger partial charge in [-0.25, -0.2) is 0 Å². The van der Waals surface area contributed by atoms with Crippen molar-refractivity contribution in [1.82, 2.24) is 9.80 Å². The van der Waals surface area contributed by atoms with Crippen LogP contribution in [0.1, 0.15) is 23.2 Å². The van der Waals surface area contributed by atoms with Crippen molar-refractivity contribution >= 4 is 11.6 Å². The smallest absolute Gasteiger partial charge is 0.263 e. The van der Waals surface area contributed by atoms with Crippen molar-refractivity contribution in [2.75, 3.05) is 18.5 Å². The van der Waals surface area contributed by atoms with Crippen molar-refractivity contribution < 1.29 is 4.79 Å². The number of hydrogen-bond acceptors (Lipinski definition) is 3. The lowest BCUT2D eigenvalue weighted by Crippen LogP contribution is -2.38. The van der Waals surface area contributed by atoms with E-state index in [-0.39, 0.29) is 5.91 Å². The van der Waals surface area contributed by atoms with Crippen LogP contribution in [-0.2, 0) is 0 Å². The average Bonchev–Trinajstić information content (AvgIpc) is 2.91. The molecule has 3 aliphatic rings. The third kappa shape index (κ3) is 2.13. The van der Waals surface area contributed by atoms with Gasteiger partial charge in [-0.05, 0) is 25.0 Å². The van der Waals surface area contributed by atoms with Gasteiger partial charge in [0.15, 0.2) is 0 Å². The van der Waals surface area contributed by atoms with Gasteiger partial charge in [-0.3, -0.25) is 9.69 Å². The van der Waals surface area contributed by atoms with Gasteiger partial charge in [-0.1, -0.05) is 35.9 Å². The summed E-state index contributed by atoms with van der Waals surface area (Å²) in [6.07, 6.45) is 10.8. The summed E-state index contributed by atoms with van der Waals surface area (Å²) in [6.45, 7) is 1.51. The van der Waals surface area contributed by atoms with Gasteiger partial charge in [0.2, 0.25) is 0 Å². The van der Waals surface area contributed by atoms with Crippen molar-refractivity contribution in [3.8, 4) is 0 Å². The van der Waals surface area contributed by atoms with Crippen molar-refractivity contribution in [3.05, 3.63) is 65.7 Å². The first-order valence-electron chi connectivity index (χ1n) is 7.29. The zero-order valence-corrected chi connectivity index (χ0v) is 11.7. The SMILES string of the molecule is O=C1c2ccccc2NC2=CN(CC3=CC=CCC3)CN12. The molecule has 0 saturated heterocycles. The van der Waals surface area contributed by atoms with E-state index in [2.05, 4.69) is 28.4 Å². The fraction of sp³-hybridized carbons (Fsp3) is 0.235. The summed E-state index contributed by atoms with van der Waals surface area (Å²) in [4.78, 5) is 16.5. The highest BCUT2D eigenvalue weighted by molar-refractivity contribution is 6.03. The Morgan fingerprint density at radius 2 is 2.14 bits per heavy atom. The number of amides is 1. The van der Waals surface area contributed by atoms with Crippen molar-refractivity contribution in [1.29, 1.82) is 0 Å². The Labute approximate surface area is 124 Å². The summed E-state index contributed by atoms with van der Waals surface area (Å²) >= 11 is 0. The molecule has 0 spiro atoms. The van der Waals surface area contributed by atoms with Gasteiger partial charge in [0.25, 0.3) is 5.91 Å². The maximum absolute atomic E-state index is 12.5. The number of carbonyl (C=O) groups excluding carboxylic acids is 1. The number of benzene rings is 1. The molecule has 21 heavy (non-hydrogen) atoms. The Hall–Kier alpha value is -2.49. The normalized spacial score (nSPS) is 19.7. The minimum Gasteiger partial charge on any atom is -0.352 e. The van der Waals surface area contributed by atoms with Crippen LogP contribution in [0.25, 0.3) is 0 Å². The Balaban J connectivity index is 1.56. The Morgan fingerprint density at radius 1 is 1.24 bits per heavy atom. The second-order valence-corrected chi connectivity index (χ2v) is 5.60. The first kappa shape index (κ1) is 12.3. The molecule has 0 unspecified atom stereocenters. The number of hydrogen-bond donors (Lipinski definition) is 1. The Kier molecular flexibility index (Phi) is 2.81. The number of para-hydroxylation sites is 1. The fourth-order valence-electron chi connectivity index (χ4n) is 3.02. The highest BCUT2D eigenvalue weighted by Crippen LogP contribution is 2.30. The van der Waals surface area contributed by atoms with Crippen LogP contribution < -0.4 is 5.32 Å². The molecule has 0 fully saturated rings. The van der Waals surface area contributed by atoms with Crippen LogP contribution in [0.4, 0.5) is 5.69 Å². The van der Waals surface area contributed by atoms with E-state index in [9.17, 15) is 4.79 Å². The molecule has 106 valence electrons. The van der Waals surface area contributed by atoms with E-state index in [4.69, 9.17) is 0 Å². The van der Waals surface area contributed by atoms with Crippen LogP contribution in [0.5, 0.6) is 0 Å². The standard InChI is InChI=1S/C17H17N3O/c21-17-14-8-4-5-9-15(14)18-16-11-19(12-20(16)17)10-13-6-2-1-3-7-13/h1-2,4-6,8-9,11,18H,3,7,10,12H2. The molecule has 1 aromatic rings. The Morgan fingerprint density at radius 3 is 3.00 bits per heavy atom. The molecule has 4 nitrogen and oxygen atoms in total. The van der Waals surface area contributed by atoms with E-state index in [1.807, 2.05) is 35.4 Å². The molecule has 0 bridgehead atoms. The first-order valence-corrected chi connectivity index (χ1v) is 7.29. The lowest BCUT2D eigenvalue weighted by molar-refractivity contribution is 0.0779. The van der Waals surface area contributed by atoms with Gasteiger partial charge < -0.3 is 10.2 Å². The van der Waals surface area contributed by atoms with E-state index in [0.717, 1.165) is 36.5 Å². The minimum absolute atomic E-state index is 0.0793. The second-order valence-electron chi connectivity index (χ2n) is 5.60. The van der Waals surface area contributed by atoms with Crippen molar-refractivity contribution in [2.24, 2.45) is 0 Å². The molecular formula is C17H17N3O. The van der Waals surface area contributed by atoms with Gasteiger partial charge in [0.1, 0.15) is 5.82 Å². The van der Waals surface area contributed by atoms with E-state index in [0.29, 0.717) is 6.67 Å². The van der Waals surface area contributed by atoms with Gasteiger partial charge in [-0.15, -0.1) is 0 Å². The molecule has 0 saturated carbocycles. The van der Waals surface area contributed by atoms with Crippen LogP contribution >= 0.6 is 0 Å². The summed E-state index contributed by atoms with van der Waals surface area (Å²) in [6, 6.07) is 7.67. The van der Waals surface area contributed by atoms with Crippen LogP contribution in [0.15, 0.2) is 60.1 Å². The van der Waals surface area contributed by atoms with Crippen LogP contribution in [0.3, 0.4) is 0 Å². The number of carbonyl (C=O) groups is 1. The highest BCUT2D eigenvalue weighted by atomic mass is 16.2. The van der Waals surface area contributed by atoms with E-state index >= 15 is 0 Å². The molecule has 4 rings (SSSR count). The summed E-state index contributed by atoms with van der Waals surface area (Å²) in [5, 5.41) is 3.35. The van der Waals surface area contributed by atoms with E-state index < -0.39 is 0 Å². The molecule has 1 aliphatic carbocycles.